The molecule has 1 saturated heterocycles. The van der Waals surface area contributed by atoms with Gasteiger partial charge < -0.3 is 10.1 Å². The van der Waals surface area contributed by atoms with Crippen molar-refractivity contribution in [1.29, 1.82) is 0 Å². The molecular weight excluding hydrogens is 202 g/mol. The van der Waals surface area contributed by atoms with E-state index >= 15 is 0 Å². The first-order valence-electron chi connectivity index (χ1n) is 6.07. The van der Waals surface area contributed by atoms with Gasteiger partial charge in [0.2, 0.25) is 5.88 Å². The van der Waals surface area contributed by atoms with Crippen LogP contribution in [0.2, 0.25) is 0 Å². The first-order chi connectivity index (χ1) is 7.95. The maximum absolute atomic E-state index is 5.50. The molecule has 4 nitrogen and oxygen atoms in total. The molecule has 0 aliphatic carbocycles. The van der Waals surface area contributed by atoms with E-state index in [-0.39, 0.29) is 0 Å². The fourth-order valence-corrected chi connectivity index (χ4v) is 2.04. The highest BCUT2D eigenvalue weighted by Crippen LogP contribution is 2.12. The number of nitrogens with one attached hydrogen (secondary N) is 1. The summed E-state index contributed by atoms with van der Waals surface area (Å²) >= 11 is 0. The molecule has 0 bridgehead atoms. The Morgan fingerprint density at radius 2 is 2.38 bits per heavy atom. The highest BCUT2D eigenvalue weighted by Gasteiger charge is 2.11. The van der Waals surface area contributed by atoms with E-state index in [2.05, 4.69) is 15.3 Å². The first-order valence-corrected chi connectivity index (χ1v) is 6.07. The Kier molecular flexibility index (Phi) is 4.55. The number of rotatable bonds is 5. The first kappa shape index (κ1) is 11.3. The summed E-state index contributed by atoms with van der Waals surface area (Å²) < 4.78 is 5.50. The van der Waals surface area contributed by atoms with Gasteiger partial charge in [0.15, 0.2) is 0 Å². The van der Waals surface area contributed by atoms with Crippen LogP contribution in [-0.4, -0.2) is 29.2 Å². The Labute approximate surface area is 96.4 Å². The number of aromatic nitrogens is 2. The third-order valence-electron chi connectivity index (χ3n) is 2.90. The van der Waals surface area contributed by atoms with Gasteiger partial charge in [-0.2, -0.15) is 0 Å². The lowest BCUT2D eigenvalue weighted by Crippen LogP contribution is -2.34. The van der Waals surface area contributed by atoms with E-state index < -0.39 is 0 Å². The molecule has 0 spiro atoms. The standard InChI is InChI=1S/C12H19N3O/c1-2-6-14-11(4-1)5-3-9-16-12-10-13-7-8-15-12/h7-8,10-11,14H,1-6,9H2/t11-/m1/s1. The summed E-state index contributed by atoms with van der Waals surface area (Å²) in [5.41, 5.74) is 0. The molecule has 2 heterocycles. The normalized spacial score (nSPS) is 20.6. The van der Waals surface area contributed by atoms with Gasteiger partial charge in [-0.25, -0.2) is 4.98 Å². The average molecular weight is 221 g/mol. The maximum Gasteiger partial charge on any atom is 0.232 e. The van der Waals surface area contributed by atoms with Crippen LogP contribution in [0.5, 0.6) is 5.88 Å². The number of hydrogen-bond donors (Lipinski definition) is 1. The van der Waals surface area contributed by atoms with Gasteiger partial charge in [0.05, 0.1) is 12.8 Å². The number of hydrogen-bond acceptors (Lipinski definition) is 4. The predicted molar refractivity (Wildman–Crippen MR) is 62.4 cm³/mol. The van der Waals surface area contributed by atoms with Crippen molar-refractivity contribution in [3.63, 3.8) is 0 Å². The fourth-order valence-electron chi connectivity index (χ4n) is 2.04. The molecule has 0 amide bonds. The van der Waals surface area contributed by atoms with Gasteiger partial charge in [0.1, 0.15) is 0 Å². The molecule has 88 valence electrons. The van der Waals surface area contributed by atoms with E-state index in [0.717, 1.165) is 13.0 Å². The smallest absolute Gasteiger partial charge is 0.232 e. The van der Waals surface area contributed by atoms with Gasteiger partial charge in [-0.3, -0.25) is 4.98 Å². The largest absolute Gasteiger partial charge is 0.477 e. The maximum atomic E-state index is 5.50. The van der Waals surface area contributed by atoms with Gasteiger partial charge >= 0.3 is 0 Å². The molecule has 0 saturated carbocycles. The van der Waals surface area contributed by atoms with Crippen LogP contribution in [0.3, 0.4) is 0 Å². The van der Waals surface area contributed by atoms with E-state index in [1.54, 1.807) is 18.6 Å². The highest BCUT2D eigenvalue weighted by atomic mass is 16.5. The second-order valence-electron chi connectivity index (χ2n) is 4.18. The molecule has 1 aromatic rings. The lowest BCUT2D eigenvalue weighted by molar-refractivity contribution is 0.275. The van der Waals surface area contributed by atoms with Gasteiger partial charge in [0, 0.05) is 18.4 Å². The third-order valence-corrected chi connectivity index (χ3v) is 2.90. The number of nitrogens with zero attached hydrogens (tertiary/aromatic N) is 2. The van der Waals surface area contributed by atoms with Crippen LogP contribution < -0.4 is 10.1 Å². The zero-order chi connectivity index (χ0) is 11.1. The van der Waals surface area contributed by atoms with E-state index in [0.29, 0.717) is 11.9 Å². The summed E-state index contributed by atoms with van der Waals surface area (Å²) in [6.45, 7) is 1.91. The Bertz CT molecular complexity index is 286. The van der Waals surface area contributed by atoms with Gasteiger partial charge in [-0.15, -0.1) is 0 Å². The van der Waals surface area contributed by atoms with Crippen molar-refractivity contribution in [2.45, 2.75) is 38.1 Å². The summed E-state index contributed by atoms with van der Waals surface area (Å²) in [6, 6.07) is 0.694. The highest BCUT2D eigenvalue weighted by molar-refractivity contribution is 5.00. The molecule has 2 rings (SSSR count). The Morgan fingerprint density at radius 1 is 1.38 bits per heavy atom. The molecule has 0 radical (unpaired) electrons. The molecule has 1 atom stereocenters. The lowest BCUT2D eigenvalue weighted by Gasteiger charge is -2.23. The molecule has 1 N–H and O–H groups in total. The lowest BCUT2D eigenvalue weighted by atomic mass is 10.0. The summed E-state index contributed by atoms with van der Waals surface area (Å²) in [6.07, 6.45) is 11.2. The van der Waals surface area contributed by atoms with Crippen molar-refractivity contribution in [2.24, 2.45) is 0 Å². The molecular formula is C12H19N3O. The second-order valence-corrected chi connectivity index (χ2v) is 4.18. The van der Waals surface area contributed by atoms with Crippen LogP contribution in [0.15, 0.2) is 18.6 Å². The molecule has 1 aliphatic rings. The van der Waals surface area contributed by atoms with Crippen LogP contribution in [-0.2, 0) is 0 Å². The SMILES string of the molecule is c1cnc(OCCC[C@H]2CCCCN2)cn1. The van der Waals surface area contributed by atoms with Crippen LogP contribution in [0.1, 0.15) is 32.1 Å². The second kappa shape index (κ2) is 6.43. The topological polar surface area (TPSA) is 47.0 Å². The summed E-state index contributed by atoms with van der Waals surface area (Å²) in [7, 11) is 0. The average Bonchev–Trinajstić information content (AvgIpc) is 2.37. The van der Waals surface area contributed by atoms with Crippen LogP contribution in [0.4, 0.5) is 0 Å². The Morgan fingerprint density at radius 3 is 3.12 bits per heavy atom. The van der Waals surface area contributed by atoms with E-state index in [9.17, 15) is 0 Å². The molecule has 1 fully saturated rings. The summed E-state index contributed by atoms with van der Waals surface area (Å²) in [4.78, 5) is 8.02. The van der Waals surface area contributed by atoms with E-state index in [4.69, 9.17) is 4.74 Å². The molecule has 16 heavy (non-hydrogen) atoms. The summed E-state index contributed by atoms with van der Waals surface area (Å²) in [5, 5.41) is 3.53. The Hall–Kier alpha value is -1.16. The van der Waals surface area contributed by atoms with Gasteiger partial charge in [-0.05, 0) is 32.2 Å². The van der Waals surface area contributed by atoms with Crippen molar-refractivity contribution in [1.82, 2.24) is 15.3 Å². The minimum atomic E-state index is 0.624. The minimum absolute atomic E-state index is 0.624. The van der Waals surface area contributed by atoms with Crippen molar-refractivity contribution >= 4 is 0 Å². The number of piperidine rings is 1. The zero-order valence-electron chi connectivity index (χ0n) is 9.56. The molecule has 0 unspecified atom stereocenters. The van der Waals surface area contributed by atoms with Crippen LogP contribution in [0.25, 0.3) is 0 Å². The molecule has 1 aromatic heterocycles. The summed E-state index contributed by atoms with van der Waals surface area (Å²) in [5.74, 6) is 0.624. The quantitative estimate of drug-likeness (QED) is 0.770. The predicted octanol–water partition coefficient (Wildman–Crippen LogP) is 1.78. The van der Waals surface area contributed by atoms with Gasteiger partial charge in [0.25, 0.3) is 0 Å². The van der Waals surface area contributed by atoms with Gasteiger partial charge in [-0.1, -0.05) is 6.42 Å². The zero-order valence-corrected chi connectivity index (χ0v) is 9.56. The number of ether oxygens (including phenoxy) is 1. The van der Waals surface area contributed by atoms with Crippen molar-refractivity contribution < 1.29 is 4.74 Å². The molecule has 0 aromatic carbocycles. The third kappa shape index (κ3) is 3.77. The monoisotopic (exact) mass is 221 g/mol. The van der Waals surface area contributed by atoms with Crippen LogP contribution in [0, 0.1) is 0 Å². The molecule has 1 aliphatic heterocycles. The van der Waals surface area contributed by atoms with Crippen LogP contribution >= 0.6 is 0 Å². The van der Waals surface area contributed by atoms with Crippen molar-refractivity contribution in [3.8, 4) is 5.88 Å². The molecule has 4 heteroatoms. The Balaban J connectivity index is 1.58. The van der Waals surface area contributed by atoms with Crippen molar-refractivity contribution in [3.05, 3.63) is 18.6 Å². The fraction of sp³-hybridized carbons (Fsp3) is 0.667. The van der Waals surface area contributed by atoms with E-state index in [1.807, 2.05) is 0 Å². The minimum Gasteiger partial charge on any atom is -0.477 e. The van der Waals surface area contributed by atoms with Crippen molar-refractivity contribution in [2.75, 3.05) is 13.2 Å². The van der Waals surface area contributed by atoms with E-state index in [1.165, 1.54) is 32.2 Å².